The van der Waals surface area contributed by atoms with E-state index < -0.39 is 5.97 Å². The van der Waals surface area contributed by atoms with Gasteiger partial charge in [-0.05, 0) is 61.0 Å². The smallest absolute Gasteiger partial charge is 0.337 e. The van der Waals surface area contributed by atoms with Crippen molar-refractivity contribution in [2.75, 3.05) is 12.0 Å². The molecule has 0 saturated carbocycles. The molecule has 2 amide bonds. The lowest BCUT2D eigenvalue weighted by atomic mass is 10.1. The summed E-state index contributed by atoms with van der Waals surface area (Å²) in [7, 11) is 1.32. The Morgan fingerprint density at radius 1 is 1.08 bits per heavy atom. The quantitative estimate of drug-likeness (QED) is 0.597. The van der Waals surface area contributed by atoms with E-state index in [1.165, 1.54) is 12.0 Å². The van der Waals surface area contributed by atoms with Crippen molar-refractivity contribution in [3.05, 3.63) is 69.6 Å². The molecule has 1 aliphatic heterocycles. The first-order valence-corrected chi connectivity index (χ1v) is 8.76. The van der Waals surface area contributed by atoms with Crippen molar-refractivity contribution in [1.29, 1.82) is 0 Å². The summed E-state index contributed by atoms with van der Waals surface area (Å²) in [6.07, 6.45) is 1.65. The number of nitrogens with zero attached hydrogens (tertiary/aromatic N) is 1. The van der Waals surface area contributed by atoms with Gasteiger partial charge in [0.15, 0.2) is 0 Å². The van der Waals surface area contributed by atoms with Crippen LogP contribution in [-0.2, 0) is 9.53 Å². The highest BCUT2D eigenvalue weighted by molar-refractivity contribution is 8.19. The third kappa shape index (κ3) is 3.41. The lowest BCUT2D eigenvalue weighted by Crippen LogP contribution is -2.28. The molecule has 0 radical (unpaired) electrons. The van der Waals surface area contributed by atoms with Crippen LogP contribution in [0, 0.1) is 13.8 Å². The second kappa shape index (κ2) is 7.17. The number of hydrogen-bond donors (Lipinski definition) is 0. The molecule has 1 heterocycles. The Balaban J connectivity index is 1.88. The molecule has 6 heteroatoms. The summed E-state index contributed by atoms with van der Waals surface area (Å²) in [5, 5.41) is -0.320. The molecule has 0 aliphatic carbocycles. The molecule has 0 unspecified atom stereocenters. The molecule has 2 aromatic rings. The van der Waals surface area contributed by atoms with E-state index in [4.69, 9.17) is 0 Å². The molecule has 0 N–H and O–H groups in total. The minimum absolute atomic E-state index is 0.320. The number of aryl methyl sites for hydroxylation is 2. The zero-order valence-electron chi connectivity index (χ0n) is 14.6. The Bertz CT molecular complexity index is 931. The van der Waals surface area contributed by atoms with Gasteiger partial charge in [-0.15, -0.1) is 0 Å². The van der Waals surface area contributed by atoms with Crippen molar-refractivity contribution in [3.63, 3.8) is 0 Å². The van der Waals surface area contributed by atoms with Crippen molar-refractivity contribution in [3.8, 4) is 0 Å². The summed E-state index contributed by atoms with van der Waals surface area (Å²) in [5.74, 6) is -0.768. The molecular weight excluding hydrogens is 350 g/mol. The number of imide groups is 1. The first-order valence-electron chi connectivity index (χ1n) is 7.94. The first-order chi connectivity index (χ1) is 12.4. The SMILES string of the molecule is COC(=O)c1ccc(/C=C2\SC(=O)N(c3ccc(C)cc3C)C2=O)cc1. The number of hydrogen-bond acceptors (Lipinski definition) is 5. The maximum Gasteiger partial charge on any atom is 0.337 e. The van der Waals surface area contributed by atoms with Gasteiger partial charge in [0.1, 0.15) is 0 Å². The van der Waals surface area contributed by atoms with Crippen LogP contribution in [0.4, 0.5) is 10.5 Å². The number of esters is 1. The summed E-state index contributed by atoms with van der Waals surface area (Å²) in [6.45, 7) is 3.84. The second-order valence-electron chi connectivity index (χ2n) is 5.92. The van der Waals surface area contributed by atoms with Crippen LogP contribution in [0.15, 0.2) is 47.4 Å². The number of carbonyl (C=O) groups excluding carboxylic acids is 3. The minimum atomic E-state index is -0.424. The molecule has 1 aliphatic rings. The van der Waals surface area contributed by atoms with Crippen LogP contribution in [0.2, 0.25) is 0 Å². The van der Waals surface area contributed by atoms with Crippen LogP contribution >= 0.6 is 11.8 Å². The van der Waals surface area contributed by atoms with Gasteiger partial charge in [-0.1, -0.05) is 29.8 Å². The predicted molar refractivity (Wildman–Crippen MR) is 102 cm³/mol. The number of carbonyl (C=O) groups is 3. The zero-order valence-corrected chi connectivity index (χ0v) is 15.4. The molecule has 1 fully saturated rings. The summed E-state index contributed by atoms with van der Waals surface area (Å²) in [4.78, 5) is 38.1. The largest absolute Gasteiger partial charge is 0.465 e. The third-order valence-electron chi connectivity index (χ3n) is 4.02. The third-order valence-corrected chi connectivity index (χ3v) is 4.89. The Morgan fingerprint density at radius 3 is 2.38 bits per heavy atom. The molecule has 0 spiro atoms. The molecule has 5 nitrogen and oxygen atoms in total. The van der Waals surface area contributed by atoms with Crippen LogP contribution in [0.3, 0.4) is 0 Å². The number of thioether (sulfide) groups is 1. The maximum atomic E-state index is 12.7. The lowest BCUT2D eigenvalue weighted by molar-refractivity contribution is -0.113. The Labute approximate surface area is 155 Å². The molecule has 0 atom stereocenters. The van der Waals surface area contributed by atoms with Crippen LogP contribution in [0.1, 0.15) is 27.0 Å². The number of benzene rings is 2. The molecular formula is C20H17NO4S. The van der Waals surface area contributed by atoms with Gasteiger partial charge in [-0.2, -0.15) is 0 Å². The fourth-order valence-electron chi connectivity index (χ4n) is 2.72. The zero-order chi connectivity index (χ0) is 18.8. The highest BCUT2D eigenvalue weighted by atomic mass is 32.2. The van der Waals surface area contributed by atoms with Gasteiger partial charge < -0.3 is 4.74 Å². The van der Waals surface area contributed by atoms with Gasteiger partial charge in [-0.3, -0.25) is 9.59 Å². The number of methoxy groups -OCH3 is 1. The molecule has 3 rings (SSSR count). The molecule has 132 valence electrons. The second-order valence-corrected chi connectivity index (χ2v) is 6.91. The van der Waals surface area contributed by atoms with Gasteiger partial charge in [0.05, 0.1) is 23.3 Å². The van der Waals surface area contributed by atoms with Gasteiger partial charge in [0.25, 0.3) is 11.1 Å². The molecule has 26 heavy (non-hydrogen) atoms. The van der Waals surface area contributed by atoms with Crippen molar-refractivity contribution in [1.82, 2.24) is 0 Å². The summed E-state index contributed by atoms with van der Waals surface area (Å²) < 4.78 is 4.66. The van der Waals surface area contributed by atoms with Gasteiger partial charge in [-0.25, -0.2) is 9.69 Å². The molecule has 0 bridgehead atoms. The van der Waals surface area contributed by atoms with Crippen LogP contribution in [-0.4, -0.2) is 24.2 Å². The predicted octanol–water partition coefficient (Wildman–Crippen LogP) is 4.33. The monoisotopic (exact) mass is 367 g/mol. The number of anilines is 1. The van der Waals surface area contributed by atoms with E-state index in [1.54, 1.807) is 36.4 Å². The van der Waals surface area contributed by atoms with Crippen LogP contribution in [0.5, 0.6) is 0 Å². The average molecular weight is 367 g/mol. The molecule has 1 saturated heterocycles. The molecule has 2 aromatic carbocycles. The van der Waals surface area contributed by atoms with E-state index in [1.807, 2.05) is 26.0 Å². The van der Waals surface area contributed by atoms with Gasteiger partial charge in [0, 0.05) is 0 Å². The molecule has 0 aromatic heterocycles. The summed E-state index contributed by atoms with van der Waals surface area (Å²) in [5.41, 5.74) is 3.69. The lowest BCUT2D eigenvalue weighted by Gasteiger charge is -2.15. The fourth-order valence-corrected chi connectivity index (χ4v) is 3.55. The van der Waals surface area contributed by atoms with E-state index in [0.29, 0.717) is 16.2 Å². The van der Waals surface area contributed by atoms with Crippen LogP contribution in [0.25, 0.3) is 6.08 Å². The topological polar surface area (TPSA) is 63.7 Å². The van der Waals surface area contributed by atoms with Crippen molar-refractivity contribution < 1.29 is 19.1 Å². The maximum absolute atomic E-state index is 12.7. The van der Waals surface area contributed by atoms with Gasteiger partial charge in [0.2, 0.25) is 0 Å². The van der Waals surface area contributed by atoms with Crippen molar-refractivity contribution >= 4 is 40.6 Å². The highest BCUT2D eigenvalue weighted by Gasteiger charge is 2.36. The van der Waals surface area contributed by atoms with E-state index in [9.17, 15) is 14.4 Å². The summed E-state index contributed by atoms with van der Waals surface area (Å²) in [6, 6.07) is 12.2. The standard InChI is InChI=1S/C20H17NO4S/c1-12-4-9-16(13(2)10-12)21-18(22)17(26-20(21)24)11-14-5-7-15(8-6-14)19(23)25-3/h4-11H,1-3H3/b17-11-. The van der Waals surface area contributed by atoms with E-state index in [2.05, 4.69) is 4.74 Å². The summed E-state index contributed by atoms with van der Waals surface area (Å²) >= 11 is 0.906. The first kappa shape index (κ1) is 17.9. The van der Waals surface area contributed by atoms with E-state index in [-0.39, 0.29) is 11.1 Å². The minimum Gasteiger partial charge on any atom is -0.465 e. The fraction of sp³-hybridized carbons (Fsp3) is 0.150. The Hall–Kier alpha value is -2.86. The van der Waals surface area contributed by atoms with Gasteiger partial charge >= 0.3 is 5.97 Å². The Morgan fingerprint density at radius 2 is 1.77 bits per heavy atom. The van der Waals surface area contributed by atoms with Crippen molar-refractivity contribution in [2.24, 2.45) is 0 Å². The van der Waals surface area contributed by atoms with Crippen molar-refractivity contribution in [2.45, 2.75) is 13.8 Å². The van der Waals surface area contributed by atoms with E-state index >= 15 is 0 Å². The van der Waals surface area contributed by atoms with Crippen LogP contribution < -0.4 is 4.90 Å². The number of ether oxygens (including phenoxy) is 1. The normalized spacial score (nSPS) is 15.7. The van der Waals surface area contributed by atoms with E-state index in [0.717, 1.165) is 28.5 Å². The number of amides is 2. The Kier molecular flexibility index (Phi) is 4.95. The average Bonchev–Trinajstić information content (AvgIpc) is 2.89. The highest BCUT2D eigenvalue weighted by Crippen LogP contribution is 2.37. The number of rotatable bonds is 3.